The molecule has 1 unspecified atom stereocenters. The van der Waals surface area contributed by atoms with Crippen LogP contribution in [0.25, 0.3) is 0 Å². The topological polar surface area (TPSA) is 99.5 Å². The normalized spacial score (nSPS) is 29.5. The molecule has 2 heterocycles. The second-order valence-electron chi connectivity index (χ2n) is 9.47. The van der Waals surface area contributed by atoms with Gasteiger partial charge in [0, 0.05) is 13.1 Å². The van der Waals surface area contributed by atoms with Crippen LogP contribution in [0.1, 0.15) is 48.3 Å². The fraction of sp³-hybridized carbons (Fsp3) is 0.652. The summed E-state index contributed by atoms with van der Waals surface area (Å²) >= 11 is 0. The zero-order valence-corrected chi connectivity index (χ0v) is 19.1. The smallest absolute Gasteiger partial charge is 0.312 e. The van der Waals surface area contributed by atoms with E-state index in [9.17, 15) is 13.2 Å². The maximum Gasteiger partial charge on any atom is 0.312 e. The van der Waals surface area contributed by atoms with Crippen LogP contribution in [0.2, 0.25) is 0 Å². The highest BCUT2D eigenvalue weighted by Crippen LogP contribution is 2.49. The van der Waals surface area contributed by atoms with Crippen molar-refractivity contribution >= 4 is 16.0 Å². The minimum absolute atomic E-state index is 0.153. The summed E-state index contributed by atoms with van der Waals surface area (Å²) in [5, 5.41) is 12.4. The number of hydrogen-bond donors (Lipinski definition) is 1. The average molecular weight is 446 g/mol. The predicted octanol–water partition coefficient (Wildman–Crippen LogP) is 2.16. The molecule has 1 aromatic carbocycles. The van der Waals surface area contributed by atoms with Gasteiger partial charge in [0.05, 0.1) is 29.9 Å². The predicted molar refractivity (Wildman–Crippen MR) is 117 cm³/mol. The monoisotopic (exact) mass is 445 g/mol. The molecular formula is C23H31N3O4S. The second-order valence-corrected chi connectivity index (χ2v) is 11.4. The first-order valence-corrected chi connectivity index (χ1v) is 12.7. The van der Waals surface area contributed by atoms with E-state index in [4.69, 9.17) is 10.00 Å². The zero-order valence-electron chi connectivity index (χ0n) is 18.3. The van der Waals surface area contributed by atoms with E-state index in [1.54, 1.807) is 4.31 Å². The van der Waals surface area contributed by atoms with Gasteiger partial charge >= 0.3 is 5.97 Å². The van der Waals surface area contributed by atoms with E-state index < -0.39 is 15.4 Å². The third-order valence-corrected chi connectivity index (χ3v) is 9.62. The minimum atomic E-state index is -3.57. The number of aryl methyl sites for hydroxylation is 1. The third-order valence-electron chi connectivity index (χ3n) is 7.55. The van der Waals surface area contributed by atoms with E-state index in [0.717, 1.165) is 31.5 Å². The number of esters is 1. The van der Waals surface area contributed by atoms with Crippen LogP contribution in [-0.4, -0.2) is 57.7 Å². The molecule has 2 aliphatic heterocycles. The van der Waals surface area contributed by atoms with Gasteiger partial charge in [0.2, 0.25) is 10.0 Å². The number of ether oxygens (including phenoxy) is 1. The number of hydrogen-bond acceptors (Lipinski definition) is 6. The number of carbonyl (C=O) groups is 1. The Balaban J connectivity index is 1.45. The number of nitrogens with zero attached hydrogens (tertiary/aromatic N) is 2. The van der Waals surface area contributed by atoms with Gasteiger partial charge in [0.25, 0.3) is 0 Å². The molecule has 7 nitrogen and oxygen atoms in total. The summed E-state index contributed by atoms with van der Waals surface area (Å²) < 4.78 is 33.3. The van der Waals surface area contributed by atoms with E-state index in [1.807, 2.05) is 25.1 Å². The molecule has 3 fully saturated rings. The van der Waals surface area contributed by atoms with Gasteiger partial charge < -0.3 is 10.1 Å². The fourth-order valence-electron chi connectivity index (χ4n) is 6.00. The fourth-order valence-corrected chi connectivity index (χ4v) is 8.00. The van der Waals surface area contributed by atoms with Crippen LogP contribution in [0.5, 0.6) is 0 Å². The number of rotatable bonds is 5. The van der Waals surface area contributed by atoms with Crippen molar-refractivity contribution in [3.63, 3.8) is 0 Å². The van der Waals surface area contributed by atoms with Crippen LogP contribution in [0, 0.1) is 35.5 Å². The lowest BCUT2D eigenvalue weighted by molar-refractivity contribution is -0.151. The number of benzene rings is 1. The molecule has 1 aromatic rings. The van der Waals surface area contributed by atoms with E-state index >= 15 is 0 Å². The molecular weight excluding hydrogens is 414 g/mol. The van der Waals surface area contributed by atoms with Crippen LogP contribution in [0.4, 0.5) is 0 Å². The number of methoxy groups -OCH3 is 1. The Bertz CT molecular complexity index is 981. The molecule has 0 spiro atoms. The molecule has 0 amide bonds. The minimum Gasteiger partial charge on any atom is -0.469 e. The summed E-state index contributed by atoms with van der Waals surface area (Å²) in [6.45, 7) is 4.61. The van der Waals surface area contributed by atoms with Gasteiger partial charge in [0.1, 0.15) is 0 Å². The van der Waals surface area contributed by atoms with Crippen molar-refractivity contribution in [1.82, 2.24) is 9.62 Å². The molecule has 0 bridgehead atoms. The number of sulfonamides is 1. The van der Waals surface area contributed by atoms with Crippen molar-refractivity contribution in [3.8, 4) is 6.07 Å². The highest BCUT2D eigenvalue weighted by molar-refractivity contribution is 7.89. The lowest BCUT2D eigenvalue weighted by Crippen LogP contribution is -2.46. The lowest BCUT2D eigenvalue weighted by Gasteiger charge is -2.35. The van der Waals surface area contributed by atoms with Crippen LogP contribution in [0.3, 0.4) is 0 Å². The number of nitriles is 1. The first-order chi connectivity index (χ1) is 14.8. The molecule has 31 heavy (non-hydrogen) atoms. The lowest BCUT2D eigenvalue weighted by atomic mass is 9.87. The zero-order chi connectivity index (χ0) is 22.2. The summed E-state index contributed by atoms with van der Waals surface area (Å²) in [6.07, 6.45) is 2.65. The summed E-state index contributed by atoms with van der Waals surface area (Å²) in [5.74, 6) is 0.443. The summed E-state index contributed by atoms with van der Waals surface area (Å²) in [5.41, 5.74) is 1.99. The summed E-state index contributed by atoms with van der Waals surface area (Å²) in [6, 6.07) is 7.89. The Labute approximate surface area is 184 Å². The largest absolute Gasteiger partial charge is 0.469 e. The van der Waals surface area contributed by atoms with Gasteiger partial charge in [-0.2, -0.15) is 5.26 Å². The molecule has 2 saturated heterocycles. The number of carbonyl (C=O) groups excluding carboxylic acids is 1. The molecule has 1 aliphatic carbocycles. The van der Waals surface area contributed by atoms with E-state index in [2.05, 4.69) is 11.4 Å². The van der Waals surface area contributed by atoms with Crippen LogP contribution < -0.4 is 5.32 Å². The Hall–Kier alpha value is -1.95. The van der Waals surface area contributed by atoms with Gasteiger partial charge in [0.15, 0.2) is 0 Å². The van der Waals surface area contributed by atoms with Gasteiger partial charge in [-0.1, -0.05) is 6.07 Å². The molecule has 1 N–H and O–H groups in total. The van der Waals surface area contributed by atoms with Crippen molar-refractivity contribution in [2.45, 2.75) is 38.5 Å². The summed E-state index contributed by atoms with van der Waals surface area (Å²) in [4.78, 5) is 12.7. The quantitative estimate of drug-likeness (QED) is 0.698. The maximum atomic E-state index is 13.3. The van der Waals surface area contributed by atoms with Crippen molar-refractivity contribution in [1.29, 1.82) is 5.26 Å². The Kier molecular flexibility index (Phi) is 6.12. The van der Waals surface area contributed by atoms with Crippen molar-refractivity contribution < 1.29 is 17.9 Å². The van der Waals surface area contributed by atoms with Gasteiger partial charge in [-0.05, 0) is 86.7 Å². The Morgan fingerprint density at radius 1 is 1.26 bits per heavy atom. The van der Waals surface area contributed by atoms with E-state index in [0.29, 0.717) is 43.3 Å². The standard InChI is InChI=1S/C23H31N3O4S/c1-16-9-17(12-24)3-4-21(16)18-5-7-26(8-6-18)31(28,29)15-23(22(27)30-2)10-19-13-25-14-20(19)11-23/h3-4,9,18-20,25H,5-8,10-11,13-15H2,1-2H3/t19-,20+,23?. The van der Waals surface area contributed by atoms with Gasteiger partial charge in [-0.25, -0.2) is 12.7 Å². The summed E-state index contributed by atoms with van der Waals surface area (Å²) in [7, 11) is -2.21. The van der Waals surface area contributed by atoms with E-state index in [-0.39, 0.29) is 17.6 Å². The van der Waals surface area contributed by atoms with Crippen molar-refractivity contribution in [2.24, 2.45) is 17.3 Å². The third kappa shape index (κ3) is 4.23. The first kappa shape index (κ1) is 22.3. The molecule has 3 aliphatic rings. The molecule has 1 saturated carbocycles. The average Bonchev–Trinajstić information content (AvgIpc) is 3.32. The highest BCUT2D eigenvalue weighted by Gasteiger charge is 2.55. The molecule has 3 atom stereocenters. The van der Waals surface area contributed by atoms with Gasteiger partial charge in [-0.3, -0.25) is 4.79 Å². The molecule has 4 rings (SSSR count). The van der Waals surface area contributed by atoms with Crippen molar-refractivity contribution in [2.75, 3.05) is 39.0 Å². The van der Waals surface area contributed by atoms with Crippen LogP contribution >= 0.6 is 0 Å². The SMILES string of the molecule is COC(=O)C1(CS(=O)(=O)N2CCC(c3ccc(C#N)cc3C)CC2)C[C@H]2CNC[C@H]2C1. The Morgan fingerprint density at radius 3 is 2.45 bits per heavy atom. The molecule has 0 aromatic heterocycles. The van der Waals surface area contributed by atoms with Crippen LogP contribution in [0.15, 0.2) is 18.2 Å². The van der Waals surface area contributed by atoms with Crippen LogP contribution in [-0.2, 0) is 19.6 Å². The molecule has 8 heteroatoms. The van der Waals surface area contributed by atoms with Crippen molar-refractivity contribution in [3.05, 3.63) is 34.9 Å². The number of nitrogens with one attached hydrogen (secondary N) is 1. The maximum absolute atomic E-state index is 13.3. The van der Waals surface area contributed by atoms with Gasteiger partial charge in [-0.15, -0.1) is 0 Å². The first-order valence-electron chi connectivity index (χ1n) is 11.1. The molecule has 168 valence electrons. The number of fused-ring (bicyclic) bond motifs is 1. The molecule has 0 radical (unpaired) electrons. The number of piperidine rings is 1. The second kappa shape index (κ2) is 8.53. The Morgan fingerprint density at radius 2 is 1.90 bits per heavy atom. The highest BCUT2D eigenvalue weighted by atomic mass is 32.2. The van der Waals surface area contributed by atoms with E-state index in [1.165, 1.54) is 12.7 Å².